The van der Waals surface area contributed by atoms with E-state index >= 15 is 0 Å². The van der Waals surface area contributed by atoms with Crippen LogP contribution in [0.15, 0.2) is 0 Å². The van der Waals surface area contributed by atoms with E-state index in [1.165, 1.54) is 0 Å². The Morgan fingerprint density at radius 2 is 1.74 bits per heavy atom. The summed E-state index contributed by atoms with van der Waals surface area (Å²) < 4.78 is 26.4. The maximum Gasteiger partial charge on any atom is 0.288 e. The number of imide groups is 1. The van der Waals surface area contributed by atoms with Crippen LogP contribution in [0.4, 0.5) is 8.78 Å². The second-order valence-corrected chi connectivity index (χ2v) is 5.67. The van der Waals surface area contributed by atoms with Crippen molar-refractivity contribution in [2.75, 3.05) is 13.2 Å². The molecule has 0 unspecified atom stereocenters. The number of carbonyl (C=O) groups is 2. The second kappa shape index (κ2) is 5.15. The number of halogens is 2. The number of rotatable bonds is 3. The molecule has 1 spiro atoms. The maximum absolute atomic E-state index is 13.2. The standard InChI is InChI=1S/C13H19F2NO3/c14-13(15,9-17)8-16-10(18)7-12(11(16)19)5-3-1-2-4-6-12/h17H,1-9H2. The third-order valence-corrected chi connectivity index (χ3v) is 4.17. The van der Waals surface area contributed by atoms with E-state index in [4.69, 9.17) is 5.11 Å². The highest BCUT2D eigenvalue weighted by molar-refractivity contribution is 6.06. The SMILES string of the molecule is O=C1CC2(CCCCCC2)C(=O)N1CC(F)(F)CO. The first-order chi connectivity index (χ1) is 8.90. The molecule has 1 heterocycles. The Balaban J connectivity index is 2.15. The minimum absolute atomic E-state index is 0.0490. The highest BCUT2D eigenvalue weighted by Gasteiger charge is 2.52. The van der Waals surface area contributed by atoms with E-state index in [0.717, 1.165) is 25.7 Å². The van der Waals surface area contributed by atoms with Gasteiger partial charge in [-0.3, -0.25) is 14.5 Å². The van der Waals surface area contributed by atoms with E-state index < -0.39 is 36.3 Å². The average molecular weight is 275 g/mol. The molecule has 0 bridgehead atoms. The van der Waals surface area contributed by atoms with Gasteiger partial charge in [0.05, 0.1) is 12.0 Å². The fourth-order valence-electron chi connectivity index (χ4n) is 3.10. The van der Waals surface area contributed by atoms with Gasteiger partial charge in [0, 0.05) is 6.42 Å². The molecule has 6 heteroatoms. The molecule has 2 aliphatic rings. The smallest absolute Gasteiger partial charge is 0.288 e. The molecule has 0 aromatic rings. The van der Waals surface area contributed by atoms with Crippen LogP contribution in [0.2, 0.25) is 0 Å². The number of hydrogen-bond donors (Lipinski definition) is 1. The Bertz CT molecular complexity index is 376. The van der Waals surface area contributed by atoms with Crippen molar-refractivity contribution >= 4 is 11.8 Å². The first kappa shape index (κ1) is 14.4. The van der Waals surface area contributed by atoms with E-state index in [0.29, 0.717) is 17.7 Å². The molecule has 1 aliphatic carbocycles. The quantitative estimate of drug-likeness (QED) is 0.798. The van der Waals surface area contributed by atoms with Gasteiger partial charge in [0.1, 0.15) is 6.61 Å². The summed E-state index contributed by atoms with van der Waals surface area (Å²) in [5, 5.41) is 8.57. The van der Waals surface area contributed by atoms with Crippen molar-refractivity contribution in [3.63, 3.8) is 0 Å². The van der Waals surface area contributed by atoms with Crippen molar-refractivity contribution < 1.29 is 23.5 Å². The van der Waals surface area contributed by atoms with Gasteiger partial charge >= 0.3 is 0 Å². The Hall–Kier alpha value is -1.04. The van der Waals surface area contributed by atoms with Crippen molar-refractivity contribution in [3.05, 3.63) is 0 Å². The van der Waals surface area contributed by atoms with Crippen molar-refractivity contribution in [1.82, 2.24) is 4.90 Å². The molecule has 1 saturated heterocycles. The molecule has 2 amide bonds. The predicted octanol–water partition coefficient (Wildman–Crippen LogP) is 1.71. The van der Waals surface area contributed by atoms with Gasteiger partial charge in [-0.15, -0.1) is 0 Å². The van der Waals surface area contributed by atoms with Crippen LogP contribution < -0.4 is 0 Å². The van der Waals surface area contributed by atoms with Gasteiger partial charge in [0.25, 0.3) is 5.92 Å². The molecular formula is C13H19F2NO3. The minimum Gasteiger partial charge on any atom is -0.390 e. The highest BCUT2D eigenvalue weighted by atomic mass is 19.3. The summed E-state index contributed by atoms with van der Waals surface area (Å²) in [5.74, 6) is -4.41. The average Bonchev–Trinajstić information content (AvgIpc) is 2.56. The molecule has 4 nitrogen and oxygen atoms in total. The van der Waals surface area contributed by atoms with Crippen molar-refractivity contribution in [2.45, 2.75) is 50.9 Å². The third-order valence-electron chi connectivity index (χ3n) is 4.17. The summed E-state index contributed by atoms with van der Waals surface area (Å²) in [6.45, 7) is -2.35. The summed E-state index contributed by atoms with van der Waals surface area (Å²) in [5.41, 5.74) is -0.751. The lowest BCUT2D eigenvalue weighted by Gasteiger charge is -2.26. The van der Waals surface area contributed by atoms with E-state index in [1.54, 1.807) is 0 Å². The molecule has 2 fully saturated rings. The van der Waals surface area contributed by atoms with Crippen LogP contribution in [0.3, 0.4) is 0 Å². The van der Waals surface area contributed by atoms with Gasteiger partial charge in [0.2, 0.25) is 11.8 Å². The second-order valence-electron chi connectivity index (χ2n) is 5.67. The number of likely N-dealkylation sites (tertiary alicyclic amines) is 1. The highest BCUT2D eigenvalue weighted by Crippen LogP contribution is 2.44. The molecule has 0 aromatic heterocycles. The van der Waals surface area contributed by atoms with E-state index in [2.05, 4.69) is 0 Å². The molecular weight excluding hydrogens is 256 g/mol. The number of aliphatic hydroxyl groups excluding tert-OH is 1. The van der Waals surface area contributed by atoms with Gasteiger partial charge in [-0.2, -0.15) is 0 Å². The largest absolute Gasteiger partial charge is 0.390 e. The third kappa shape index (κ3) is 2.78. The Morgan fingerprint density at radius 1 is 1.16 bits per heavy atom. The fraction of sp³-hybridized carbons (Fsp3) is 0.846. The fourth-order valence-corrected chi connectivity index (χ4v) is 3.10. The van der Waals surface area contributed by atoms with Gasteiger partial charge in [-0.1, -0.05) is 25.7 Å². The molecule has 0 radical (unpaired) electrons. The Morgan fingerprint density at radius 3 is 2.26 bits per heavy atom. The van der Waals surface area contributed by atoms with Crippen LogP contribution in [0.1, 0.15) is 44.9 Å². The predicted molar refractivity (Wildman–Crippen MR) is 63.5 cm³/mol. The number of nitrogens with zero attached hydrogens (tertiary/aromatic N) is 1. The monoisotopic (exact) mass is 275 g/mol. The van der Waals surface area contributed by atoms with Gasteiger partial charge in [-0.05, 0) is 12.8 Å². The molecule has 108 valence electrons. The zero-order valence-corrected chi connectivity index (χ0v) is 10.8. The van der Waals surface area contributed by atoms with Crippen LogP contribution >= 0.6 is 0 Å². The zero-order chi connectivity index (χ0) is 14.1. The van der Waals surface area contributed by atoms with E-state index in [1.807, 2.05) is 0 Å². The number of aliphatic hydroxyl groups is 1. The Kier molecular flexibility index (Phi) is 3.90. The van der Waals surface area contributed by atoms with Crippen LogP contribution in [-0.4, -0.2) is 40.9 Å². The lowest BCUT2D eigenvalue weighted by molar-refractivity contribution is -0.150. The first-order valence-corrected chi connectivity index (χ1v) is 6.74. The molecule has 1 N–H and O–H groups in total. The molecule has 0 atom stereocenters. The summed E-state index contributed by atoms with van der Waals surface area (Å²) in [6, 6.07) is 0. The van der Waals surface area contributed by atoms with Gasteiger partial charge in [-0.25, -0.2) is 8.78 Å². The van der Waals surface area contributed by atoms with Crippen molar-refractivity contribution in [1.29, 1.82) is 0 Å². The molecule has 2 rings (SSSR count). The summed E-state index contributed by atoms with van der Waals surface area (Å²) in [6.07, 6.45) is 5.05. The number of carbonyl (C=O) groups excluding carboxylic acids is 2. The van der Waals surface area contributed by atoms with Crippen molar-refractivity contribution in [3.8, 4) is 0 Å². The van der Waals surface area contributed by atoms with Crippen LogP contribution in [0.5, 0.6) is 0 Å². The summed E-state index contributed by atoms with van der Waals surface area (Å²) in [7, 11) is 0. The first-order valence-electron chi connectivity index (χ1n) is 6.74. The van der Waals surface area contributed by atoms with E-state index in [-0.39, 0.29) is 6.42 Å². The maximum atomic E-state index is 13.2. The van der Waals surface area contributed by atoms with Gasteiger partial charge < -0.3 is 5.11 Å². The van der Waals surface area contributed by atoms with Crippen LogP contribution in [0.25, 0.3) is 0 Å². The molecule has 1 saturated carbocycles. The number of alkyl halides is 2. The summed E-state index contributed by atoms with van der Waals surface area (Å²) >= 11 is 0. The van der Waals surface area contributed by atoms with E-state index in [9.17, 15) is 18.4 Å². The topological polar surface area (TPSA) is 57.6 Å². The minimum atomic E-state index is -3.42. The molecule has 19 heavy (non-hydrogen) atoms. The van der Waals surface area contributed by atoms with Crippen LogP contribution in [-0.2, 0) is 9.59 Å². The lowest BCUT2D eigenvalue weighted by atomic mass is 9.79. The van der Waals surface area contributed by atoms with Crippen LogP contribution in [0, 0.1) is 5.41 Å². The lowest BCUT2D eigenvalue weighted by Crippen LogP contribution is -2.44. The zero-order valence-electron chi connectivity index (χ0n) is 10.8. The number of hydrogen-bond acceptors (Lipinski definition) is 3. The van der Waals surface area contributed by atoms with Crippen molar-refractivity contribution in [2.24, 2.45) is 5.41 Å². The molecule has 0 aromatic carbocycles. The molecule has 1 aliphatic heterocycles. The number of amides is 2. The van der Waals surface area contributed by atoms with Gasteiger partial charge in [0.15, 0.2) is 0 Å². The Labute approximate surface area is 110 Å². The summed E-state index contributed by atoms with van der Waals surface area (Å²) in [4.78, 5) is 24.8. The normalized spacial score (nSPS) is 24.1.